The van der Waals surface area contributed by atoms with E-state index in [1.807, 2.05) is 18.2 Å². The third kappa shape index (κ3) is 7.20. The maximum absolute atomic E-state index is 13.3. The lowest BCUT2D eigenvalue weighted by atomic mass is 10.0. The van der Waals surface area contributed by atoms with Crippen molar-refractivity contribution in [2.24, 2.45) is 0 Å². The fraction of sp³-hybridized carbons (Fsp3) is 0.278. The van der Waals surface area contributed by atoms with Crippen molar-refractivity contribution < 1.29 is 36.9 Å². The van der Waals surface area contributed by atoms with Gasteiger partial charge in [0.25, 0.3) is 5.91 Å². The number of alkyl halides is 3. The molecule has 4 aromatic carbocycles. The van der Waals surface area contributed by atoms with E-state index >= 15 is 0 Å². The van der Waals surface area contributed by atoms with Gasteiger partial charge in [0, 0.05) is 29.8 Å². The number of nitrogens with zero attached hydrogens (tertiary/aromatic N) is 2. The Bertz CT molecular complexity index is 1910. The van der Waals surface area contributed by atoms with Crippen molar-refractivity contribution in [3.63, 3.8) is 0 Å². The van der Waals surface area contributed by atoms with Crippen molar-refractivity contribution in [2.45, 2.75) is 25.4 Å². The molecule has 6 rings (SSSR count). The van der Waals surface area contributed by atoms with Gasteiger partial charge in [0.15, 0.2) is 11.5 Å². The maximum atomic E-state index is 13.3. The van der Waals surface area contributed by atoms with Gasteiger partial charge in [-0.05, 0) is 97.7 Å². The van der Waals surface area contributed by atoms with Crippen LogP contribution in [-0.4, -0.2) is 56.3 Å². The minimum Gasteiger partial charge on any atom is -0.495 e. The highest BCUT2D eigenvalue weighted by molar-refractivity contribution is 6.13. The molecule has 47 heavy (non-hydrogen) atoms. The van der Waals surface area contributed by atoms with Crippen molar-refractivity contribution in [2.75, 3.05) is 45.8 Å². The van der Waals surface area contributed by atoms with E-state index in [0.717, 1.165) is 43.6 Å². The van der Waals surface area contributed by atoms with Gasteiger partial charge in [-0.25, -0.2) is 0 Å². The summed E-state index contributed by atoms with van der Waals surface area (Å²) in [5, 5.41) is 4.60. The third-order valence-electron chi connectivity index (χ3n) is 8.16. The number of pyridine rings is 1. The number of methoxy groups -OCH3 is 2. The highest BCUT2D eigenvalue weighted by Gasteiger charge is 2.31. The summed E-state index contributed by atoms with van der Waals surface area (Å²) in [6, 6.07) is 18.8. The van der Waals surface area contributed by atoms with Crippen molar-refractivity contribution in [3.8, 4) is 28.7 Å². The Morgan fingerprint density at radius 1 is 0.872 bits per heavy atom. The fourth-order valence-electron chi connectivity index (χ4n) is 5.79. The Balaban J connectivity index is 1.21. The van der Waals surface area contributed by atoms with Crippen LogP contribution in [0.25, 0.3) is 21.7 Å². The summed E-state index contributed by atoms with van der Waals surface area (Å²) >= 11 is 0. The second-order valence-electron chi connectivity index (χ2n) is 11.2. The molecule has 1 N–H and O–H groups in total. The molecule has 1 aliphatic rings. The van der Waals surface area contributed by atoms with Crippen molar-refractivity contribution in [1.82, 2.24) is 9.88 Å². The maximum Gasteiger partial charge on any atom is 0.416 e. The van der Waals surface area contributed by atoms with E-state index in [1.165, 1.54) is 26.0 Å². The van der Waals surface area contributed by atoms with Crippen LogP contribution < -0.4 is 24.3 Å². The minimum absolute atomic E-state index is 0.0834. The molecule has 2 heterocycles. The molecule has 8 nitrogen and oxygen atoms in total. The standard InChI is InChI=1S/C36H34F3N3O5/c1-44-32-12-9-24(36(37,38)39)20-30(32)41-35(43)27-8-5-7-23-19-25(10-11-26(23)27)47-31-13-14-40-29-22-34(33(45-2)21-28(29)31)46-18-6-17-42-15-3-4-16-42/h5,7-14,19-22H,3-4,6,15-18H2,1-2H3,(H,41,43). The van der Waals surface area contributed by atoms with E-state index in [4.69, 9.17) is 18.9 Å². The predicted molar refractivity (Wildman–Crippen MR) is 174 cm³/mol. The molecule has 1 aromatic heterocycles. The lowest BCUT2D eigenvalue weighted by molar-refractivity contribution is -0.137. The molecule has 0 radical (unpaired) electrons. The number of ether oxygens (including phenoxy) is 4. The van der Waals surface area contributed by atoms with Crippen LogP contribution in [0.15, 0.2) is 79.0 Å². The van der Waals surface area contributed by atoms with Gasteiger partial charge in [0.2, 0.25) is 0 Å². The van der Waals surface area contributed by atoms with Gasteiger partial charge in [-0.3, -0.25) is 9.78 Å². The van der Waals surface area contributed by atoms with Crippen LogP contribution in [0.5, 0.6) is 28.7 Å². The number of carbonyl (C=O) groups is 1. The molecule has 1 amide bonds. The predicted octanol–water partition coefficient (Wildman–Crippen LogP) is 8.33. The van der Waals surface area contributed by atoms with E-state index in [1.54, 1.807) is 49.7 Å². The van der Waals surface area contributed by atoms with E-state index in [0.29, 0.717) is 45.9 Å². The Hall–Kier alpha value is -5.03. The first-order chi connectivity index (χ1) is 22.7. The van der Waals surface area contributed by atoms with Gasteiger partial charge in [-0.15, -0.1) is 0 Å². The Labute approximate surface area is 270 Å². The average Bonchev–Trinajstić information content (AvgIpc) is 3.59. The molecule has 244 valence electrons. The lowest BCUT2D eigenvalue weighted by Crippen LogP contribution is -2.21. The number of rotatable bonds is 11. The van der Waals surface area contributed by atoms with Crippen LogP contribution in [0.2, 0.25) is 0 Å². The third-order valence-corrected chi connectivity index (χ3v) is 8.16. The quantitative estimate of drug-likeness (QED) is 0.145. The van der Waals surface area contributed by atoms with E-state index in [9.17, 15) is 18.0 Å². The second kappa shape index (κ2) is 13.8. The number of hydrogen-bond acceptors (Lipinski definition) is 7. The summed E-state index contributed by atoms with van der Waals surface area (Å²) in [6.07, 6.45) is 0.523. The molecule has 0 atom stereocenters. The first kappa shape index (κ1) is 31.9. The van der Waals surface area contributed by atoms with Gasteiger partial charge in [-0.2, -0.15) is 13.2 Å². The molecule has 0 aliphatic carbocycles. The minimum atomic E-state index is -4.57. The molecule has 0 unspecified atom stereocenters. The molecule has 0 bridgehead atoms. The number of anilines is 1. The van der Waals surface area contributed by atoms with Crippen LogP contribution in [-0.2, 0) is 6.18 Å². The van der Waals surface area contributed by atoms with Crippen LogP contribution in [0.3, 0.4) is 0 Å². The molecule has 11 heteroatoms. The molecule has 5 aromatic rings. The molecule has 0 saturated carbocycles. The summed E-state index contributed by atoms with van der Waals surface area (Å²) in [4.78, 5) is 20.3. The number of likely N-dealkylation sites (tertiary alicyclic amines) is 1. The normalized spacial score (nSPS) is 13.6. The molecule has 0 spiro atoms. The van der Waals surface area contributed by atoms with Gasteiger partial charge < -0.3 is 29.2 Å². The zero-order valence-electron chi connectivity index (χ0n) is 26.0. The Kier molecular flexibility index (Phi) is 9.35. The summed E-state index contributed by atoms with van der Waals surface area (Å²) in [7, 11) is 2.92. The number of amides is 1. The lowest BCUT2D eigenvalue weighted by Gasteiger charge is -2.16. The van der Waals surface area contributed by atoms with Gasteiger partial charge >= 0.3 is 6.18 Å². The largest absolute Gasteiger partial charge is 0.495 e. The Morgan fingerprint density at radius 3 is 2.45 bits per heavy atom. The number of carbonyl (C=O) groups excluding carboxylic acids is 1. The van der Waals surface area contributed by atoms with Crippen molar-refractivity contribution in [1.29, 1.82) is 0 Å². The highest BCUT2D eigenvalue weighted by atomic mass is 19.4. The van der Waals surface area contributed by atoms with E-state index in [2.05, 4.69) is 15.2 Å². The molecular formula is C36H34F3N3O5. The zero-order chi connectivity index (χ0) is 33.0. The summed E-state index contributed by atoms with van der Waals surface area (Å²) < 4.78 is 63.2. The van der Waals surface area contributed by atoms with Crippen LogP contribution in [0, 0.1) is 0 Å². The second-order valence-corrected chi connectivity index (χ2v) is 11.2. The van der Waals surface area contributed by atoms with Gasteiger partial charge in [0.1, 0.15) is 17.2 Å². The summed E-state index contributed by atoms with van der Waals surface area (Å²) in [6.45, 7) is 3.88. The topological polar surface area (TPSA) is 82.2 Å². The van der Waals surface area contributed by atoms with Crippen molar-refractivity contribution >= 4 is 33.3 Å². The molecular weight excluding hydrogens is 611 g/mol. The first-order valence-electron chi connectivity index (χ1n) is 15.3. The fourth-order valence-corrected chi connectivity index (χ4v) is 5.79. The van der Waals surface area contributed by atoms with Crippen molar-refractivity contribution in [3.05, 3.63) is 90.1 Å². The van der Waals surface area contributed by atoms with E-state index < -0.39 is 17.6 Å². The average molecular weight is 646 g/mol. The van der Waals surface area contributed by atoms with Crippen LogP contribution in [0.1, 0.15) is 35.2 Å². The molecule has 1 fully saturated rings. The SMILES string of the molecule is COc1ccc(C(F)(F)F)cc1NC(=O)c1cccc2cc(Oc3ccnc4cc(OCCCN5CCCC5)c(OC)cc34)ccc12. The highest BCUT2D eigenvalue weighted by Crippen LogP contribution is 2.38. The number of nitrogens with one attached hydrogen (secondary N) is 1. The van der Waals surface area contributed by atoms with Crippen LogP contribution in [0.4, 0.5) is 18.9 Å². The van der Waals surface area contributed by atoms with E-state index in [-0.39, 0.29) is 17.0 Å². The summed E-state index contributed by atoms with van der Waals surface area (Å²) in [5.74, 6) is 1.79. The number of benzene rings is 4. The number of fused-ring (bicyclic) bond motifs is 2. The molecule has 1 saturated heterocycles. The zero-order valence-corrected chi connectivity index (χ0v) is 26.0. The number of hydrogen-bond donors (Lipinski definition) is 1. The number of aromatic nitrogens is 1. The summed E-state index contributed by atoms with van der Waals surface area (Å²) in [5.41, 5.74) is -0.0191. The monoisotopic (exact) mass is 645 g/mol. The van der Waals surface area contributed by atoms with Gasteiger partial charge in [-0.1, -0.05) is 12.1 Å². The molecule has 1 aliphatic heterocycles. The van der Waals surface area contributed by atoms with Crippen LogP contribution >= 0.6 is 0 Å². The number of halogens is 3. The Morgan fingerprint density at radius 2 is 1.68 bits per heavy atom. The smallest absolute Gasteiger partial charge is 0.416 e. The first-order valence-corrected chi connectivity index (χ1v) is 15.3. The van der Waals surface area contributed by atoms with Gasteiger partial charge in [0.05, 0.1) is 37.6 Å².